The standard InChI is InChI=1S/C18H27ClN2O3/c1-18(2,3)24-17(23)15(21-19)11-7-8-12-20-13-16(22)14-9-5-4-6-10-14/h4-6,9-10,15,20-21H,7-8,11-13H2,1-3H3/t15-/m0/s1. The molecule has 6 heteroatoms. The predicted octanol–water partition coefficient (Wildman–Crippen LogP) is 3.08. The Morgan fingerprint density at radius 3 is 2.42 bits per heavy atom. The van der Waals surface area contributed by atoms with Crippen LogP contribution in [-0.4, -0.2) is 36.5 Å². The Morgan fingerprint density at radius 1 is 1.17 bits per heavy atom. The zero-order valence-electron chi connectivity index (χ0n) is 14.6. The van der Waals surface area contributed by atoms with Gasteiger partial charge in [0.2, 0.25) is 0 Å². The van der Waals surface area contributed by atoms with Gasteiger partial charge in [0.1, 0.15) is 11.6 Å². The van der Waals surface area contributed by atoms with E-state index in [1.807, 2.05) is 51.1 Å². The van der Waals surface area contributed by atoms with Crippen molar-refractivity contribution in [2.45, 2.75) is 51.7 Å². The maximum Gasteiger partial charge on any atom is 0.324 e. The van der Waals surface area contributed by atoms with E-state index in [0.717, 1.165) is 12.8 Å². The number of rotatable bonds is 10. The van der Waals surface area contributed by atoms with Crippen molar-refractivity contribution in [2.24, 2.45) is 0 Å². The van der Waals surface area contributed by atoms with Gasteiger partial charge in [-0.05, 0) is 58.4 Å². The molecule has 1 rings (SSSR count). The Balaban J connectivity index is 2.18. The molecule has 0 amide bonds. The van der Waals surface area contributed by atoms with Gasteiger partial charge in [-0.2, -0.15) is 0 Å². The van der Waals surface area contributed by atoms with E-state index in [9.17, 15) is 9.59 Å². The predicted molar refractivity (Wildman–Crippen MR) is 96.1 cm³/mol. The molecule has 1 atom stereocenters. The Labute approximate surface area is 149 Å². The lowest BCUT2D eigenvalue weighted by Crippen LogP contribution is -2.37. The highest BCUT2D eigenvalue weighted by Crippen LogP contribution is 2.11. The van der Waals surface area contributed by atoms with Crippen LogP contribution in [0.4, 0.5) is 0 Å². The highest BCUT2D eigenvalue weighted by molar-refractivity contribution is 6.14. The van der Waals surface area contributed by atoms with Crippen molar-refractivity contribution in [2.75, 3.05) is 13.1 Å². The van der Waals surface area contributed by atoms with Crippen molar-refractivity contribution in [1.29, 1.82) is 0 Å². The third-order valence-corrected chi connectivity index (χ3v) is 3.56. The summed E-state index contributed by atoms with van der Waals surface area (Å²) in [6.07, 6.45) is 2.24. The third-order valence-electron chi connectivity index (χ3n) is 3.30. The summed E-state index contributed by atoms with van der Waals surface area (Å²) >= 11 is 5.63. The van der Waals surface area contributed by atoms with Gasteiger partial charge < -0.3 is 10.1 Å². The Bertz CT molecular complexity index is 515. The van der Waals surface area contributed by atoms with Gasteiger partial charge in [-0.3, -0.25) is 9.59 Å². The highest BCUT2D eigenvalue weighted by atomic mass is 35.5. The summed E-state index contributed by atoms with van der Waals surface area (Å²) in [5, 5.41) is 3.12. The summed E-state index contributed by atoms with van der Waals surface area (Å²) in [5.74, 6) is -0.269. The van der Waals surface area contributed by atoms with Crippen LogP contribution in [0.1, 0.15) is 50.4 Å². The smallest absolute Gasteiger partial charge is 0.324 e. The summed E-state index contributed by atoms with van der Waals surface area (Å²) in [5.41, 5.74) is 0.184. The van der Waals surface area contributed by atoms with Gasteiger partial charge in [-0.25, -0.2) is 4.84 Å². The first-order valence-electron chi connectivity index (χ1n) is 8.21. The van der Waals surface area contributed by atoms with Crippen molar-refractivity contribution in [3.05, 3.63) is 35.9 Å². The summed E-state index contributed by atoms with van der Waals surface area (Å²) < 4.78 is 5.30. The first-order chi connectivity index (χ1) is 11.3. The number of benzene rings is 1. The normalized spacial score (nSPS) is 12.7. The van der Waals surface area contributed by atoms with Gasteiger partial charge in [0.15, 0.2) is 5.78 Å². The van der Waals surface area contributed by atoms with E-state index >= 15 is 0 Å². The van der Waals surface area contributed by atoms with Crippen LogP contribution in [-0.2, 0) is 9.53 Å². The van der Waals surface area contributed by atoms with Gasteiger partial charge in [0.25, 0.3) is 0 Å². The molecule has 2 N–H and O–H groups in total. The molecular weight excluding hydrogens is 328 g/mol. The monoisotopic (exact) mass is 354 g/mol. The van der Waals surface area contributed by atoms with Gasteiger partial charge in [-0.15, -0.1) is 0 Å². The number of hydrogen-bond acceptors (Lipinski definition) is 5. The van der Waals surface area contributed by atoms with Crippen LogP contribution in [0.3, 0.4) is 0 Å². The van der Waals surface area contributed by atoms with E-state index in [2.05, 4.69) is 10.2 Å². The van der Waals surface area contributed by atoms with Gasteiger partial charge >= 0.3 is 5.97 Å². The molecule has 1 aromatic rings. The second-order valence-electron chi connectivity index (χ2n) is 6.66. The molecule has 0 aliphatic heterocycles. The first kappa shape index (κ1) is 20.6. The molecule has 0 bridgehead atoms. The number of carbonyl (C=O) groups is 2. The van der Waals surface area contributed by atoms with E-state index < -0.39 is 11.6 Å². The van der Waals surface area contributed by atoms with Crippen LogP contribution in [0.25, 0.3) is 0 Å². The van der Waals surface area contributed by atoms with Crippen molar-refractivity contribution in [3.8, 4) is 0 Å². The second-order valence-corrected chi connectivity index (χ2v) is 6.88. The average molecular weight is 355 g/mol. The zero-order valence-corrected chi connectivity index (χ0v) is 15.4. The maximum atomic E-state index is 11.9. The number of Topliss-reactive ketones (excluding diaryl/α,β-unsaturated/α-hetero) is 1. The molecule has 0 heterocycles. The van der Waals surface area contributed by atoms with Gasteiger partial charge in [-0.1, -0.05) is 30.3 Å². The topological polar surface area (TPSA) is 67.4 Å². The molecular formula is C18H27ClN2O3. The molecule has 0 aromatic heterocycles. The summed E-state index contributed by atoms with van der Waals surface area (Å²) in [7, 11) is 0. The molecule has 0 aliphatic carbocycles. The van der Waals surface area contributed by atoms with Crippen molar-refractivity contribution in [1.82, 2.24) is 10.2 Å². The van der Waals surface area contributed by atoms with Crippen LogP contribution in [0, 0.1) is 0 Å². The fourth-order valence-electron chi connectivity index (χ4n) is 2.12. The number of ketones is 1. The van der Waals surface area contributed by atoms with Crippen LogP contribution in [0.15, 0.2) is 30.3 Å². The minimum absolute atomic E-state index is 0.0738. The van der Waals surface area contributed by atoms with E-state index in [-0.39, 0.29) is 11.8 Å². The number of esters is 1. The average Bonchev–Trinajstić information content (AvgIpc) is 2.53. The minimum Gasteiger partial charge on any atom is -0.459 e. The number of nitrogens with one attached hydrogen (secondary N) is 2. The molecule has 1 aromatic carbocycles. The molecule has 24 heavy (non-hydrogen) atoms. The van der Waals surface area contributed by atoms with Gasteiger partial charge in [0.05, 0.1) is 6.54 Å². The summed E-state index contributed by atoms with van der Waals surface area (Å²) in [6, 6.07) is 8.68. The summed E-state index contributed by atoms with van der Waals surface area (Å²) in [4.78, 5) is 26.3. The lowest BCUT2D eigenvalue weighted by molar-refractivity contribution is -0.157. The lowest BCUT2D eigenvalue weighted by atomic mass is 10.1. The van der Waals surface area contributed by atoms with Crippen LogP contribution in [0.2, 0.25) is 0 Å². The number of carbonyl (C=O) groups excluding carboxylic acids is 2. The van der Waals surface area contributed by atoms with Gasteiger partial charge in [0, 0.05) is 5.56 Å². The number of ether oxygens (including phenoxy) is 1. The highest BCUT2D eigenvalue weighted by Gasteiger charge is 2.24. The van der Waals surface area contributed by atoms with E-state index in [1.165, 1.54) is 0 Å². The molecule has 0 saturated heterocycles. The molecule has 0 fully saturated rings. The first-order valence-corrected chi connectivity index (χ1v) is 8.59. The lowest BCUT2D eigenvalue weighted by Gasteiger charge is -2.23. The van der Waals surface area contributed by atoms with E-state index in [1.54, 1.807) is 0 Å². The quantitative estimate of drug-likeness (QED) is 0.292. The van der Waals surface area contributed by atoms with Crippen LogP contribution < -0.4 is 10.2 Å². The molecule has 0 aliphatic rings. The number of hydrogen-bond donors (Lipinski definition) is 2. The summed E-state index contributed by atoms with van der Waals surface area (Å²) in [6.45, 7) is 6.49. The van der Waals surface area contributed by atoms with E-state index in [4.69, 9.17) is 16.5 Å². The fraction of sp³-hybridized carbons (Fsp3) is 0.556. The second kappa shape index (κ2) is 10.4. The van der Waals surface area contributed by atoms with Crippen molar-refractivity contribution >= 4 is 23.5 Å². The Morgan fingerprint density at radius 2 is 1.83 bits per heavy atom. The Hall–Kier alpha value is -1.43. The Kier molecular flexibility index (Phi) is 8.97. The van der Waals surface area contributed by atoms with Crippen molar-refractivity contribution < 1.29 is 14.3 Å². The van der Waals surface area contributed by atoms with Crippen molar-refractivity contribution in [3.63, 3.8) is 0 Å². The largest absolute Gasteiger partial charge is 0.459 e. The van der Waals surface area contributed by atoms with E-state index in [0.29, 0.717) is 25.1 Å². The zero-order chi connectivity index (χ0) is 18.0. The molecule has 5 nitrogen and oxygen atoms in total. The molecule has 0 unspecified atom stereocenters. The molecule has 0 spiro atoms. The number of unbranched alkanes of at least 4 members (excludes halogenated alkanes) is 1. The molecule has 0 saturated carbocycles. The van der Waals surface area contributed by atoms with Crippen LogP contribution >= 0.6 is 11.8 Å². The maximum absolute atomic E-state index is 11.9. The molecule has 0 radical (unpaired) electrons. The SMILES string of the molecule is CC(C)(C)OC(=O)[C@H](CCCCNCC(=O)c1ccccc1)NCl. The fourth-order valence-corrected chi connectivity index (χ4v) is 2.31. The molecule has 134 valence electrons. The van der Waals surface area contributed by atoms with Crippen LogP contribution in [0.5, 0.6) is 0 Å². The third kappa shape index (κ3) is 8.43. The minimum atomic E-state index is -0.525. The number of halogens is 1.